The van der Waals surface area contributed by atoms with Gasteiger partial charge in [-0.3, -0.25) is 0 Å². The maximum Gasteiger partial charge on any atom is 0.417 e. The Labute approximate surface area is 120 Å². The summed E-state index contributed by atoms with van der Waals surface area (Å²) in [7, 11) is 0. The molecule has 0 fully saturated rings. The lowest BCUT2D eigenvalue weighted by atomic mass is 10.0. The molecule has 0 spiro atoms. The van der Waals surface area contributed by atoms with Crippen LogP contribution in [-0.4, -0.2) is 23.1 Å². The lowest BCUT2D eigenvalue weighted by molar-refractivity contribution is -0.137. The van der Waals surface area contributed by atoms with Gasteiger partial charge >= 0.3 is 6.18 Å². The minimum absolute atomic E-state index is 0.0681. The van der Waals surface area contributed by atoms with Crippen LogP contribution < -0.4 is 11.1 Å². The van der Waals surface area contributed by atoms with Crippen LogP contribution in [0.4, 0.5) is 19.1 Å². The maximum atomic E-state index is 13.0. The molecule has 0 atom stereocenters. The van der Waals surface area contributed by atoms with E-state index in [0.29, 0.717) is 24.6 Å². The fourth-order valence-electron chi connectivity index (χ4n) is 1.84. The SMILES string of the molecule is NCCCNc1ncc(-c2ccccc2C(F)(F)F)cn1. The molecule has 21 heavy (non-hydrogen) atoms. The van der Waals surface area contributed by atoms with Gasteiger partial charge in [0.25, 0.3) is 0 Å². The summed E-state index contributed by atoms with van der Waals surface area (Å²) in [6.45, 7) is 1.17. The minimum Gasteiger partial charge on any atom is -0.354 e. The average Bonchev–Trinajstić information content (AvgIpc) is 2.47. The van der Waals surface area contributed by atoms with Gasteiger partial charge in [-0.05, 0) is 24.6 Å². The van der Waals surface area contributed by atoms with Crippen LogP contribution in [0.15, 0.2) is 36.7 Å². The fourth-order valence-corrected chi connectivity index (χ4v) is 1.84. The smallest absolute Gasteiger partial charge is 0.354 e. The largest absolute Gasteiger partial charge is 0.417 e. The van der Waals surface area contributed by atoms with Crippen LogP contribution in [-0.2, 0) is 6.18 Å². The summed E-state index contributed by atoms with van der Waals surface area (Å²) < 4.78 is 38.9. The molecule has 2 aromatic rings. The Hall–Kier alpha value is -2.15. The van der Waals surface area contributed by atoms with Crippen molar-refractivity contribution in [1.29, 1.82) is 0 Å². The van der Waals surface area contributed by atoms with Crippen LogP contribution in [0.5, 0.6) is 0 Å². The molecule has 0 unspecified atom stereocenters. The van der Waals surface area contributed by atoms with Crippen molar-refractivity contribution in [3.05, 3.63) is 42.2 Å². The van der Waals surface area contributed by atoms with Crippen molar-refractivity contribution in [2.75, 3.05) is 18.4 Å². The van der Waals surface area contributed by atoms with E-state index in [1.165, 1.54) is 24.5 Å². The van der Waals surface area contributed by atoms with Crippen LogP contribution in [0.3, 0.4) is 0 Å². The van der Waals surface area contributed by atoms with Crippen LogP contribution >= 0.6 is 0 Å². The standard InChI is InChI=1S/C14H15F3N4/c15-14(16,17)12-5-2-1-4-11(12)10-8-20-13(21-9-10)19-7-3-6-18/h1-2,4-5,8-9H,3,6-7,18H2,(H,19,20,21). The monoisotopic (exact) mass is 296 g/mol. The highest BCUT2D eigenvalue weighted by Gasteiger charge is 2.33. The highest BCUT2D eigenvalue weighted by molar-refractivity contribution is 5.66. The summed E-state index contributed by atoms with van der Waals surface area (Å²) in [6, 6.07) is 5.36. The molecular formula is C14H15F3N4. The van der Waals surface area contributed by atoms with Gasteiger partial charge in [0.2, 0.25) is 5.95 Å². The fraction of sp³-hybridized carbons (Fsp3) is 0.286. The highest BCUT2D eigenvalue weighted by atomic mass is 19.4. The lowest BCUT2D eigenvalue weighted by Crippen LogP contribution is -2.10. The quantitative estimate of drug-likeness (QED) is 0.833. The Bertz CT molecular complexity index is 582. The van der Waals surface area contributed by atoms with Gasteiger partial charge in [0.15, 0.2) is 0 Å². The predicted molar refractivity (Wildman–Crippen MR) is 74.6 cm³/mol. The zero-order valence-electron chi connectivity index (χ0n) is 11.2. The number of alkyl halides is 3. The van der Waals surface area contributed by atoms with Gasteiger partial charge in [0, 0.05) is 24.5 Å². The molecule has 1 aromatic carbocycles. The molecule has 7 heteroatoms. The maximum absolute atomic E-state index is 13.0. The molecular weight excluding hydrogens is 281 g/mol. The molecule has 0 saturated heterocycles. The number of rotatable bonds is 5. The molecule has 0 aliphatic carbocycles. The van der Waals surface area contributed by atoms with E-state index in [0.717, 1.165) is 12.5 Å². The lowest BCUT2D eigenvalue weighted by Gasteiger charge is -2.12. The molecule has 1 heterocycles. The van der Waals surface area contributed by atoms with Crippen molar-refractivity contribution in [3.8, 4) is 11.1 Å². The number of benzene rings is 1. The van der Waals surface area contributed by atoms with Crippen molar-refractivity contribution in [2.45, 2.75) is 12.6 Å². The van der Waals surface area contributed by atoms with Gasteiger partial charge < -0.3 is 11.1 Å². The Morgan fingerprint density at radius 2 is 1.76 bits per heavy atom. The van der Waals surface area contributed by atoms with Crippen LogP contribution in [0.1, 0.15) is 12.0 Å². The third-order valence-corrected chi connectivity index (χ3v) is 2.86. The molecule has 0 aliphatic heterocycles. The zero-order chi connectivity index (χ0) is 15.3. The second-order valence-electron chi connectivity index (χ2n) is 4.41. The predicted octanol–water partition coefficient (Wildman–Crippen LogP) is 2.92. The van der Waals surface area contributed by atoms with Gasteiger partial charge in [-0.2, -0.15) is 13.2 Å². The molecule has 0 amide bonds. The van der Waals surface area contributed by atoms with Gasteiger partial charge in [0.05, 0.1) is 5.56 Å². The summed E-state index contributed by atoms with van der Waals surface area (Å²) in [6.07, 6.45) is -0.888. The number of nitrogens with zero attached hydrogens (tertiary/aromatic N) is 2. The number of nitrogens with two attached hydrogens (primary N) is 1. The zero-order valence-corrected chi connectivity index (χ0v) is 11.2. The van der Waals surface area contributed by atoms with E-state index in [2.05, 4.69) is 15.3 Å². The number of halogens is 3. The second-order valence-corrected chi connectivity index (χ2v) is 4.41. The molecule has 1 aromatic heterocycles. The Kier molecular flexibility index (Phi) is 4.74. The Morgan fingerprint density at radius 3 is 2.38 bits per heavy atom. The first kappa shape index (κ1) is 15.2. The molecule has 112 valence electrons. The Morgan fingerprint density at radius 1 is 1.10 bits per heavy atom. The molecule has 2 rings (SSSR count). The van der Waals surface area contributed by atoms with E-state index >= 15 is 0 Å². The van der Waals surface area contributed by atoms with Crippen molar-refractivity contribution < 1.29 is 13.2 Å². The van der Waals surface area contributed by atoms with Gasteiger partial charge in [-0.15, -0.1) is 0 Å². The van der Waals surface area contributed by atoms with E-state index in [4.69, 9.17) is 5.73 Å². The first-order valence-electron chi connectivity index (χ1n) is 6.45. The van der Waals surface area contributed by atoms with Gasteiger partial charge in [-0.25, -0.2) is 9.97 Å². The molecule has 4 nitrogen and oxygen atoms in total. The van der Waals surface area contributed by atoms with E-state index in [9.17, 15) is 13.2 Å². The number of nitrogens with one attached hydrogen (secondary N) is 1. The van der Waals surface area contributed by atoms with E-state index in [1.54, 1.807) is 6.07 Å². The number of anilines is 1. The number of hydrogen-bond acceptors (Lipinski definition) is 4. The van der Waals surface area contributed by atoms with Crippen molar-refractivity contribution in [2.24, 2.45) is 5.73 Å². The topological polar surface area (TPSA) is 63.8 Å². The first-order valence-corrected chi connectivity index (χ1v) is 6.45. The highest BCUT2D eigenvalue weighted by Crippen LogP contribution is 2.36. The molecule has 0 radical (unpaired) electrons. The molecule has 3 N–H and O–H groups in total. The third-order valence-electron chi connectivity index (χ3n) is 2.86. The van der Waals surface area contributed by atoms with Crippen molar-refractivity contribution in [1.82, 2.24) is 9.97 Å². The number of hydrogen-bond donors (Lipinski definition) is 2. The average molecular weight is 296 g/mol. The van der Waals surface area contributed by atoms with Gasteiger partial charge in [-0.1, -0.05) is 18.2 Å². The number of aromatic nitrogens is 2. The van der Waals surface area contributed by atoms with Crippen LogP contribution in [0.25, 0.3) is 11.1 Å². The summed E-state index contributed by atoms with van der Waals surface area (Å²) in [5.41, 5.74) is 5.06. The first-order chi connectivity index (χ1) is 10.0. The Balaban J connectivity index is 2.23. The van der Waals surface area contributed by atoms with Crippen LogP contribution in [0, 0.1) is 0 Å². The molecule has 0 bridgehead atoms. The normalized spacial score (nSPS) is 11.4. The van der Waals surface area contributed by atoms with Crippen molar-refractivity contribution in [3.63, 3.8) is 0 Å². The van der Waals surface area contributed by atoms with E-state index in [-0.39, 0.29) is 5.56 Å². The summed E-state index contributed by atoms with van der Waals surface area (Å²) >= 11 is 0. The summed E-state index contributed by atoms with van der Waals surface area (Å²) in [5, 5.41) is 2.94. The van der Waals surface area contributed by atoms with E-state index in [1.807, 2.05) is 0 Å². The second kappa shape index (κ2) is 6.53. The van der Waals surface area contributed by atoms with Crippen molar-refractivity contribution >= 4 is 5.95 Å². The summed E-state index contributed by atoms with van der Waals surface area (Å²) in [5.74, 6) is 0.372. The summed E-state index contributed by atoms with van der Waals surface area (Å²) in [4.78, 5) is 8.04. The van der Waals surface area contributed by atoms with Gasteiger partial charge in [0.1, 0.15) is 0 Å². The minimum atomic E-state index is -4.41. The molecule has 0 aliphatic rings. The third kappa shape index (κ3) is 3.91. The van der Waals surface area contributed by atoms with Crippen LogP contribution in [0.2, 0.25) is 0 Å². The van der Waals surface area contributed by atoms with E-state index < -0.39 is 11.7 Å². The molecule has 0 saturated carbocycles.